The van der Waals surface area contributed by atoms with Gasteiger partial charge in [0.25, 0.3) is 10.0 Å². The molecule has 0 aliphatic carbocycles. The molecule has 0 aliphatic heterocycles. The lowest BCUT2D eigenvalue weighted by Gasteiger charge is -2.15. The first-order valence-corrected chi connectivity index (χ1v) is 12.3. The molecule has 3 aromatic rings. The molecule has 0 atom stereocenters. The predicted molar refractivity (Wildman–Crippen MR) is 120 cm³/mol. The number of alkyl halides is 3. The zero-order chi connectivity index (χ0) is 23.5. The summed E-state index contributed by atoms with van der Waals surface area (Å²) in [7, 11) is -0.677. The highest BCUT2D eigenvalue weighted by Gasteiger charge is 2.41. The summed E-state index contributed by atoms with van der Waals surface area (Å²) in [6, 6.07) is 13.9. The smallest absolute Gasteiger partial charge is 0.308 e. The molecule has 0 saturated heterocycles. The number of aromatic nitrogens is 2. The van der Waals surface area contributed by atoms with Crippen LogP contribution in [0.25, 0.3) is 11.1 Å². The Hall–Kier alpha value is -2.50. The molecule has 0 fully saturated rings. The SMILES string of the molecule is CSc1ccc(-c2c(NS(=O)(=O)c3ccccc3)nn(CCN(C)C)c2C(F)(F)F)cc1. The van der Waals surface area contributed by atoms with Crippen LogP contribution >= 0.6 is 11.8 Å². The second kappa shape index (κ2) is 9.55. The second-order valence-corrected chi connectivity index (χ2v) is 9.81. The minimum Gasteiger partial charge on any atom is -0.308 e. The first-order chi connectivity index (χ1) is 15.0. The fourth-order valence-electron chi connectivity index (χ4n) is 3.09. The van der Waals surface area contributed by atoms with Crippen molar-refractivity contribution in [3.8, 4) is 11.1 Å². The topological polar surface area (TPSA) is 67.2 Å². The highest BCUT2D eigenvalue weighted by Crippen LogP contribution is 2.42. The number of hydrogen-bond acceptors (Lipinski definition) is 5. The van der Waals surface area contributed by atoms with Crippen molar-refractivity contribution in [2.24, 2.45) is 0 Å². The lowest BCUT2D eigenvalue weighted by molar-refractivity contribution is -0.143. The summed E-state index contributed by atoms with van der Waals surface area (Å²) in [5.41, 5.74) is -1.08. The maximum absolute atomic E-state index is 14.2. The molecule has 32 heavy (non-hydrogen) atoms. The van der Waals surface area contributed by atoms with E-state index in [1.165, 1.54) is 48.2 Å². The molecule has 3 rings (SSSR count). The Balaban J connectivity index is 2.20. The maximum Gasteiger partial charge on any atom is 0.433 e. The van der Waals surface area contributed by atoms with Crippen LogP contribution < -0.4 is 4.72 Å². The average molecular weight is 485 g/mol. The molecule has 6 nitrogen and oxygen atoms in total. The van der Waals surface area contributed by atoms with Crippen molar-refractivity contribution >= 4 is 27.6 Å². The summed E-state index contributed by atoms with van der Waals surface area (Å²) in [6.07, 6.45) is -2.89. The van der Waals surface area contributed by atoms with Gasteiger partial charge in [-0.05, 0) is 50.2 Å². The van der Waals surface area contributed by atoms with Gasteiger partial charge in [-0.1, -0.05) is 30.3 Å². The maximum atomic E-state index is 14.2. The lowest BCUT2D eigenvalue weighted by Crippen LogP contribution is -2.23. The number of likely N-dealkylation sites (N-methyl/N-ethyl adjacent to an activating group) is 1. The number of nitrogens with one attached hydrogen (secondary N) is 1. The first-order valence-electron chi connectivity index (χ1n) is 9.58. The van der Waals surface area contributed by atoms with Crippen LogP contribution in [0.5, 0.6) is 0 Å². The van der Waals surface area contributed by atoms with Crippen molar-refractivity contribution in [3.05, 3.63) is 60.3 Å². The van der Waals surface area contributed by atoms with Gasteiger partial charge in [0.2, 0.25) is 0 Å². The van der Waals surface area contributed by atoms with Gasteiger partial charge in [-0.25, -0.2) is 8.42 Å². The number of nitrogens with zero attached hydrogens (tertiary/aromatic N) is 3. The third kappa shape index (κ3) is 5.45. The molecule has 1 heterocycles. The van der Waals surface area contributed by atoms with Crippen molar-refractivity contribution in [1.29, 1.82) is 0 Å². The standard InChI is InChI=1S/C21H23F3N4O2S2/c1-27(2)13-14-28-19(21(22,23)24)18(15-9-11-16(31-3)12-10-15)20(25-28)26-32(29,30)17-7-5-4-6-8-17/h4-12H,13-14H2,1-3H3,(H,25,26). The Morgan fingerprint density at radius 2 is 1.69 bits per heavy atom. The number of anilines is 1. The number of rotatable bonds is 8. The Morgan fingerprint density at radius 3 is 2.22 bits per heavy atom. The number of benzene rings is 2. The van der Waals surface area contributed by atoms with Crippen LogP contribution in [-0.2, 0) is 22.7 Å². The minimum absolute atomic E-state index is 0.0647. The van der Waals surface area contributed by atoms with Crippen LogP contribution in [0, 0.1) is 0 Å². The summed E-state index contributed by atoms with van der Waals surface area (Å²) in [5, 5.41) is 4.05. The summed E-state index contributed by atoms with van der Waals surface area (Å²) >= 11 is 1.45. The molecule has 0 bridgehead atoms. The molecular weight excluding hydrogens is 461 g/mol. The number of halogens is 3. The van der Waals surface area contributed by atoms with E-state index in [0.29, 0.717) is 6.54 Å². The van der Waals surface area contributed by atoms with E-state index in [-0.39, 0.29) is 28.4 Å². The summed E-state index contributed by atoms with van der Waals surface area (Å²) in [5.74, 6) is -0.364. The van der Waals surface area contributed by atoms with E-state index >= 15 is 0 Å². The van der Waals surface area contributed by atoms with Gasteiger partial charge in [-0.2, -0.15) is 18.3 Å². The second-order valence-electron chi connectivity index (χ2n) is 7.24. The van der Waals surface area contributed by atoms with E-state index in [0.717, 1.165) is 9.58 Å². The highest BCUT2D eigenvalue weighted by atomic mass is 32.2. The van der Waals surface area contributed by atoms with E-state index in [9.17, 15) is 21.6 Å². The molecule has 11 heteroatoms. The van der Waals surface area contributed by atoms with Gasteiger partial charge in [0.15, 0.2) is 11.5 Å². The van der Waals surface area contributed by atoms with Gasteiger partial charge >= 0.3 is 6.18 Å². The quantitative estimate of drug-likeness (QED) is 0.472. The average Bonchev–Trinajstić information content (AvgIpc) is 3.11. The molecule has 0 unspecified atom stereocenters. The van der Waals surface area contributed by atoms with Crippen molar-refractivity contribution in [2.75, 3.05) is 31.6 Å². The van der Waals surface area contributed by atoms with Crippen molar-refractivity contribution in [2.45, 2.75) is 22.5 Å². The molecule has 0 spiro atoms. The zero-order valence-corrected chi connectivity index (χ0v) is 19.4. The molecule has 1 N–H and O–H groups in total. The van der Waals surface area contributed by atoms with Crippen LogP contribution in [0.2, 0.25) is 0 Å². The molecule has 2 aromatic carbocycles. The largest absolute Gasteiger partial charge is 0.433 e. The summed E-state index contributed by atoms with van der Waals surface area (Å²) in [4.78, 5) is 2.52. The van der Waals surface area contributed by atoms with E-state index in [1.54, 1.807) is 37.2 Å². The van der Waals surface area contributed by atoms with E-state index in [1.807, 2.05) is 6.26 Å². The van der Waals surface area contributed by atoms with E-state index in [4.69, 9.17) is 0 Å². The molecule has 0 amide bonds. The fraction of sp³-hybridized carbons (Fsp3) is 0.286. The molecule has 0 saturated carbocycles. The number of thioether (sulfide) groups is 1. The van der Waals surface area contributed by atoms with Crippen LogP contribution in [0.3, 0.4) is 0 Å². The van der Waals surface area contributed by atoms with Gasteiger partial charge in [-0.3, -0.25) is 9.40 Å². The van der Waals surface area contributed by atoms with Crippen molar-refractivity contribution in [3.63, 3.8) is 0 Å². The van der Waals surface area contributed by atoms with Crippen molar-refractivity contribution in [1.82, 2.24) is 14.7 Å². The van der Waals surface area contributed by atoms with Gasteiger partial charge < -0.3 is 4.90 Å². The third-order valence-electron chi connectivity index (χ3n) is 4.64. The molecule has 1 aromatic heterocycles. The molecule has 0 radical (unpaired) electrons. The fourth-order valence-corrected chi connectivity index (χ4v) is 4.53. The number of sulfonamides is 1. The highest BCUT2D eigenvalue weighted by molar-refractivity contribution is 7.98. The van der Waals surface area contributed by atoms with Crippen LogP contribution in [0.1, 0.15) is 5.69 Å². The Labute approximate surface area is 189 Å². The Morgan fingerprint density at radius 1 is 1.06 bits per heavy atom. The van der Waals surface area contributed by atoms with Crippen molar-refractivity contribution < 1.29 is 21.6 Å². The Bertz CT molecular complexity index is 1160. The minimum atomic E-state index is -4.75. The molecule has 0 aliphatic rings. The predicted octanol–water partition coefficient (Wildman–Crippen LogP) is 4.65. The van der Waals surface area contributed by atoms with Gasteiger partial charge in [-0.15, -0.1) is 11.8 Å². The lowest BCUT2D eigenvalue weighted by atomic mass is 10.1. The molecule has 172 valence electrons. The molecular formula is C21H23F3N4O2S2. The zero-order valence-electron chi connectivity index (χ0n) is 17.7. The van der Waals surface area contributed by atoms with Gasteiger partial charge in [0.1, 0.15) is 0 Å². The Kier molecular flexibility index (Phi) is 7.21. The van der Waals surface area contributed by atoms with Gasteiger partial charge in [0.05, 0.1) is 17.0 Å². The van der Waals surface area contributed by atoms with Crippen LogP contribution in [0.15, 0.2) is 64.4 Å². The van der Waals surface area contributed by atoms with E-state index < -0.39 is 21.9 Å². The summed E-state index contributed by atoms with van der Waals surface area (Å²) < 4.78 is 71.4. The van der Waals surface area contributed by atoms with E-state index in [2.05, 4.69) is 9.82 Å². The summed E-state index contributed by atoms with van der Waals surface area (Å²) in [6.45, 7) is 0.227. The monoisotopic (exact) mass is 484 g/mol. The van der Waals surface area contributed by atoms with Crippen LogP contribution in [-0.4, -0.2) is 50.0 Å². The first kappa shape index (κ1) is 24.1. The third-order valence-corrected chi connectivity index (χ3v) is 6.74. The van der Waals surface area contributed by atoms with Gasteiger partial charge in [0, 0.05) is 11.4 Å². The normalized spacial score (nSPS) is 12.3. The number of hydrogen-bond donors (Lipinski definition) is 1. The van der Waals surface area contributed by atoms with Crippen LogP contribution in [0.4, 0.5) is 19.0 Å².